The van der Waals surface area contributed by atoms with Crippen molar-refractivity contribution in [3.8, 4) is 11.8 Å². The number of methoxy groups -OCH3 is 1. The number of hydrogen-bond donors (Lipinski definition) is 3. The Morgan fingerprint density at radius 1 is 1.12 bits per heavy atom. The fourth-order valence-electron chi connectivity index (χ4n) is 2.80. The van der Waals surface area contributed by atoms with Crippen LogP contribution in [0.2, 0.25) is 0 Å². The van der Waals surface area contributed by atoms with E-state index < -0.39 is 11.6 Å². The van der Waals surface area contributed by atoms with Crippen LogP contribution in [-0.2, 0) is 10.3 Å². The predicted molar refractivity (Wildman–Crippen MR) is 121 cm³/mol. The van der Waals surface area contributed by atoms with Crippen molar-refractivity contribution < 1.29 is 14.6 Å². The molecule has 1 atom stereocenters. The van der Waals surface area contributed by atoms with Gasteiger partial charge in [-0.05, 0) is 49.2 Å². The summed E-state index contributed by atoms with van der Waals surface area (Å²) in [5.74, 6) is 5.27. The minimum Gasteiger partial charge on any atom is -0.478 e. The number of aryl methyl sites for hydroxylation is 1. The van der Waals surface area contributed by atoms with Crippen molar-refractivity contribution in [1.82, 2.24) is 9.97 Å². The molecule has 1 aromatic heterocycles. The van der Waals surface area contributed by atoms with Crippen LogP contribution in [0.4, 0.5) is 23.1 Å². The van der Waals surface area contributed by atoms with E-state index in [-0.39, 0.29) is 17.3 Å². The summed E-state index contributed by atoms with van der Waals surface area (Å²) in [7, 11) is 1.56. The number of aromatic carboxylic acids is 1. The molecule has 0 spiro atoms. The molecule has 1 heterocycles. The van der Waals surface area contributed by atoms with Gasteiger partial charge in [-0.3, -0.25) is 0 Å². The summed E-state index contributed by atoms with van der Waals surface area (Å²) in [4.78, 5) is 19.1. The lowest BCUT2D eigenvalue weighted by Crippen LogP contribution is -2.22. The van der Waals surface area contributed by atoms with E-state index >= 15 is 0 Å². The van der Waals surface area contributed by atoms with Gasteiger partial charge in [0.25, 0.3) is 0 Å². The van der Waals surface area contributed by atoms with Crippen molar-refractivity contribution in [3.05, 3.63) is 70.9 Å². The van der Waals surface area contributed by atoms with E-state index in [1.54, 1.807) is 38.3 Å². The lowest BCUT2D eigenvalue weighted by Gasteiger charge is -2.22. The Bertz CT molecular complexity index is 1240. The van der Waals surface area contributed by atoms with Crippen molar-refractivity contribution in [3.63, 3.8) is 0 Å². The van der Waals surface area contributed by atoms with E-state index in [0.29, 0.717) is 22.5 Å². The lowest BCUT2D eigenvalue weighted by atomic mass is 9.95. The second-order valence-electron chi connectivity index (χ2n) is 7.07. The number of nitrogen functional groups attached to an aromatic ring is 2. The third-order valence-electron chi connectivity index (χ3n) is 4.83. The van der Waals surface area contributed by atoms with Gasteiger partial charge in [-0.25, -0.2) is 9.78 Å². The minimum absolute atomic E-state index is 0.0807. The number of azo groups is 1. The van der Waals surface area contributed by atoms with Crippen LogP contribution in [0, 0.1) is 18.8 Å². The maximum Gasteiger partial charge on any atom is 0.336 e. The number of carboxylic acid groups (broad SMARTS) is 1. The second kappa shape index (κ2) is 9.24. The number of benzene rings is 2. The average molecular weight is 430 g/mol. The van der Waals surface area contributed by atoms with Crippen LogP contribution in [0.5, 0.6) is 0 Å². The molecule has 0 aliphatic carbocycles. The van der Waals surface area contributed by atoms with E-state index in [2.05, 4.69) is 32.0 Å². The number of carboxylic acids is 1. The van der Waals surface area contributed by atoms with Gasteiger partial charge < -0.3 is 21.3 Å². The van der Waals surface area contributed by atoms with E-state index in [0.717, 1.165) is 5.56 Å². The van der Waals surface area contributed by atoms with Gasteiger partial charge in [0, 0.05) is 7.11 Å². The summed E-state index contributed by atoms with van der Waals surface area (Å²) in [6, 6.07) is 12.1. The highest BCUT2D eigenvalue weighted by atomic mass is 16.5. The first kappa shape index (κ1) is 22.4. The van der Waals surface area contributed by atoms with Gasteiger partial charge in [0.2, 0.25) is 5.95 Å². The molecule has 0 saturated heterocycles. The highest BCUT2D eigenvalue weighted by Crippen LogP contribution is 2.27. The smallest absolute Gasteiger partial charge is 0.336 e. The number of hydrogen-bond acceptors (Lipinski definition) is 8. The molecular weight excluding hydrogens is 408 g/mol. The van der Waals surface area contributed by atoms with Crippen LogP contribution in [-0.4, -0.2) is 28.2 Å². The molecule has 0 aliphatic heterocycles. The molecule has 0 radical (unpaired) electrons. The summed E-state index contributed by atoms with van der Waals surface area (Å²) >= 11 is 0. The van der Waals surface area contributed by atoms with Crippen molar-refractivity contribution in [2.45, 2.75) is 19.4 Å². The Kier molecular flexibility index (Phi) is 6.47. The molecule has 0 fully saturated rings. The fraction of sp³-hybridized carbons (Fsp3) is 0.174. The van der Waals surface area contributed by atoms with E-state index in [1.165, 1.54) is 12.3 Å². The zero-order valence-electron chi connectivity index (χ0n) is 17.8. The number of aromatic nitrogens is 2. The summed E-state index contributed by atoms with van der Waals surface area (Å²) in [5.41, 5.74) is 13.6. The van der Waals surface area contributed by atoms with Gasteiger partial charge in [-0.1, -0.05) is 30.0 Å². The second-order valence-corrected chi connectivity index (χ2v) is 7.07. The summed E-state index contributed by atoms with van der Waals surface area (Å²) < 4.78 is 5.64. The number of ether oxygens (including phenoxy) is 1. The number of nitrogens with zero attached hydrogens (tertiary/aromatic N) is 4. The molecule has 0 aliphatic rings. The average Bonchev–Trinajstić information content (AvgIpc) is 2.78. The third-order valence-corrected chi connectivity index (χ3v) is 4.83. The van der Waals surface area contributed by atoms with Gasteiger partial charge in [0.15, 0.2) is 5.60 Å². The normalized spacial score (nSPS) is 12.7. The first-order valence-corrected chi connectivity index (χ1v) is 9.54. The first-order chi connectivity index (χ1) is 15.2. The Balaban J connectivity index is 1.82. The Hall–Kier alpha value is -4.29. The highest BCUT2D eigenvalue weighted by Gasteiger charge is 2.23. The number of carbonyl (C=O) groups is 1. The molecule has 1 unspecified atom stereocenters. The van der Waals surface area contributed by atoms with Crippen molar-refractivity contribution >= 4 is 29.1 Å². The van der Waals surface area contributed by atoms with Gasteiger partial charge in [0.1, 0.15) is 5.82 Å². The molecule has 162 valence electrons. The molecular formula is C23H22N6O3. The van der Waals surface area contributed by atoms with Crippen LogP contribution in [0.25, 0.3) is 0 Å². The van der Waals surface area contributed by atoms with Crippen molar-refractivity contribution in [2.75, 3.05) is 18.6 Å². The van der Waals surface area contributed by atoms with Crippen LogP contribution in [0.3, 0.4) is 0 Å². The van der Waals surface area contributed by atoms with Crippen LogP contribution >= 0.6 is 0 Å². The SMILES string of the molecule is COC(C)(C#Cc1cnc(N)nc1N)c1ccc(N=Nc2ccc(C)c(C(=O)O)c2)cc1. The molecule has 0 bridgehead atoms. The Morgan fingerprint density at radius 2 is 1.78 bits per heavy atom. The topological polar surface area (TPSA) is 149 Å². The first-order valence-electron chi connectivity index (χ1n) is 9.54. The summed E-state index contributed by atoms with van der Waals surface area (Å²) in [6.45, 7) is 3.55. The van der Waals surface area contributed by atoms with Gasteiger partial charge in [-0.2, -0.15) is 15.2 Å². The number of rotatable bonds is 5. The Morgan fingerprint density at radius 3 is 2.41 bits per heavy atom. The molecule has 2 aromatic carbocycles. The third kappa shape index (κ3) is 5.06. The maximum absolute atomic E-state index is 11.3. The summed E-state index contributed by atoms with van der Waals surface area (Å²) in [6.07, 6.45) is 1.46. The minimum atomic E-state index is -1.00. The van der Waals surface area contributed by atoms with Gasteiger partial charge in [0.05, 0.1) is 28.7 Å². The maximum atomic E-state index is 11.3. The van der Waals surface area contributed by atoms with Crippen LogP contribution < -0.4 is 11.5 Å². The highest BCUT2D eigenvalue weighted by molar-refractivity contribution is 5.90. The molecule has 3 rings (SSSR count). The fourth-order valence-corrected chi connectivity index (χ4v) is 2.80. The van der Waals surface area contributed by atoms with E-state index in [4.69, 9.17) is 16.2 Å². The lowest BCUT2D eigenvalue weighted by molar-refractivity contribution is 0.0552. The molecule has 0 saturated carbocycles. The molecule has 32 heavy (non-hydrogen) atoms. The molecule has 5 N–H and O–H groups in total. The van der Waals surface area contributed by atoms with Gasteiger partial charge in [-0.15, -0.1) is 0 Å². The molecule has 0 amide bonds. The predicted octanol–water partition coefficient (Wildman–Crippen LogP) is 3.98. The van der Waals surface area contributed by atoms with Gasteiger partial charge >= 0.3 is 5.97 Å². The molecule has 9 heteroatoms. The monoisotopic (exact) mass is 430 g/mol. The standard InChI is InChI=1S/C23H22N6O3/c1-14-4-7-18(12-19(14)21(30)31)29-28-17-8-5-16(6-9-17)23(2,32-3)11-10-15-13-26-22(25)27-20(15)24/h4-9,12-13H,1-3H3,(H,30,31)(H4,24,25,26,27). The summed E-state index contributed by atoms with van der Waals surface area (Å²) in [5, 5.41) is 17.5. The molecule has 3 aromatic rings. The van der Waals surface area contributed by atoms with E-state index in [1.807, 2.05) is 19.1 Å². The van der Waals surface area contributed by atoms with Crippen molar-refractivity contribution in [1.29, 1.82) is 0 Å². The largest absolute Gasteiger partial charge is 0.478 e. The van der Waals surface area contributed by atoms with E-state index in [9.17, 15) is 9.90 Å². The quantitative estimate of drug-likeness (QED) is 0.409. The van der Waals surface area contributed by atoms with Crippen molar-refractivity contribution in [2.24, 2.45) is 10.2 Å². The zero-order chi connectivity index (χ0) is 23.3. The number of anilines is 2. The Labute approximate surface area is 185 Å². The number of nitrogens with two attached hydrogens (primary N) is 2. The molecule has 9 nitrogen and oxygen atoms in total. The van der Waals surface area contributed by atoms with Crippen LogP contribution in [0.1, 0.15) is 34.0 Å². The zero-order valence-corrected chi connectivity index (χ0v) is 17.8. The van der Waals surface area contributed by atoms with Crippen LogP contribution in [0.15, 0.2) is 58.9 Å².